The van der Waals surface area contributed by atoms with Crippen molar-refractivity contribution in [3.05, 3.63) is 29.3 Å². The molecule has 2 aliphatic heterocycles. The lowest BCUT2D eigenvalue weighted by Crippen LogP contribution is -2.31. The minimum atomic E-state index is -3.12. The number of benzene rings is 1. The molecule has 21 heavy (non-hydrogen) atoms. The zero-order valence-electron chi connectivity index (χ0n) is 11.9. The van der Waals surface area contributed by atoms with E-state index in [0.717, 1.165) is 29.7 Å². The van der Waals surface area contributed by atoms with Crippen LogP contribution in [0.5, 0.6) is 0 Å². The highest BCUT2D eigenvalue weighted by Gasteiger charge is 2.36. The molecule has 2 heterocycles. The summed E-state index contributed by atoms with van der Waals surface area (Å²) in [5, 5.41) is -1.05. The van der Waals surface area contributed by atoms with Crippen molar-refractivity contribution in [3.8, 4) is 0 Å². The zero-order chi connectivity index (χ0) is 15.2. The minimum absolute atomic E-state index is 0.0542. The average Bonchev–Trinajstić information content (AvgIpc) is 2.72. The molecule has 114 valence electrons. The van der Waals surface area contributed by atoms with Gasteiger partial charge >= 0.3 is 0 Å². The molecule has 4 nitrogen and oxygen atoms in total. The Bertz CT molecular complexity index is 686. The molecule has 1 amide bonds. The summed E-state index contributed by atoms with van der Waals surface area (Å²) in [6.45, 7) is 0. The van der Waals surface area contributed by atoms with Gasteiger partial charge in [0.2, 0.25) is 5.91 Å². The second-order valence-corrected chi connectivity index (χ2v) is 8.63. The fourth-order valence-electron chi connectivity index (χ4n) is 3.18. The fraction of sp³-hybridized carbons (Fsp3) is 0.533. The van der Waals surface area contributed by atoms with Crippen LogP contribution >= 0.6 is 11.6 Å². The molecule has 1 fully saturated rings. The highest BCUT2D eigenvalue weighted by molar-refractivity contribution is 7.92. The second-order valence-electron chi connectivity index (χ2n) is 5.82. The van der Waals surface area contributed by atoms with Gasteiger partial charge in [-0.1, -0.05) is 18.6 Å². The number of likely N-dealkylation sites (N-methyl/N-ethyl adjacent to an activating group) is 1. The third-order valence-electron chi connectivity index (χ3n) is 4.45. The molecule has 2 atom stereocenters. The fourth-order valence-corrected chi connectivity index (χ4v) is 5.87. The third kappa shape index (κ3) is 2.57. The zero-order valence-corrected chi connectivity index (χ0v) is 13.5. The molecule has 1 aromatic rings. The molecule has 1 aromatic carbocycles. The Kier molecular flexibility index (Phi) is 3.74. The number of anilines is 1. The van der Waals surface area contributed by atoms with E-state index in [0.29, 0.717) is 12.8 Å². The van der Waals surface area contributed by atoms with Crippen molar-refractivity contribution < 1.29 is 13.2 Å². The van der Waals surface area contributed by atoms with E-state index in [-0.39, 0.29) is 11.7 Å². The Morgan fingerprint density at radius 3 is 2.81 bits per heavy atom. The van der Waals surface area contributed by atoms with E-state index in [1.54, 1.807) is 11.9 Å². The number of carbonyl (C=O) groups is 1. The Labute approximate surface area is 130 Å². The molecule has 0 N–H and O–H groups in total. The first-order valence-corrected chi connectivity index (χ1v) is 9.30. The van der Waals surface area contributed by atoms with Crippen molar-refractivity contribution in [1.29, 1.82) is 0 Å². The molecule has 2 unspecified atom stereocenters. The molecule has 0 spiro atoms. The number of carbonyl (C=O) groups excluding carboxylic acids is 1. The summed E-state index contributed by atoms with van der Waals surface area (Å²) < 4.78 is 24.4. The van der Waals surface area contributed by atoms with Gasteiger partial charge in [0.15, 0.2) is 9.84 Å². The Balaban J connectivity index is 1.91. The van der Waals surface area contributed by atoms with Gasteiger partial charge in [0.05, 0.1) is 22.8 Å². The van der Waals surface area contributed by atoms with Gasteiger partial charge < -0.3 is 4.90 Å². The summed E-state index contributed by atoms with van der Waals surface area (Å²) >= 11 is 6.47. The molecule has 3 rings (SSSR count). The lowest BCUT2D eigenvalue weighted by atomic mass is 10.0. The van der Waals surface area contributed by atoms with Crippen LogP contribution in [0.25, 0.3) is 0 Å². The highest BCUT2D eigenvalue weighted by Crippen LogP contribution is 2.38. The standard InChI is InChI=1S/C15H18ClNO3S/c1-17-12-6-5-10(8-11(12)9-14(17)18)15(16)13-4-2-3-7-21(13,19)20/h5-6,8,13,15H,2-4,7,9H2,1H3. The molecular formula is C15H18ClNO3S. The van der Waals surface area contributed by atoms with Gasteiger partial charge in [-0.2, -0.15) is 0 Å². The third-order valence-corrected chi connectivity index (χ3v) is 7.45. The van der Waals surface area contributed by atoms with Crippen molar-refractivity contribution in [2.24, 2.45) is 0 Å². The molecular weight excluding hydrogens is 310 g/mol. The average molecular weight is 328 g/mol. The number of hydrogen-bond acceptors (Lipinski definition) is 3. The topological polar surface area (TPSA) is 54.5 Å². The first-order valence-electron chi connectivity index (χ1n) is 7.15. The first kappa shape index (κ1) is 14.9. The summed E-state index contributed by atoms with van der Waals surface area (Å²) in [5.74, 6) is 0.283. The molecule has 6 heteroatoms. The first-order chi connectivity index (χ1) is 9.90. The van der Waals surface area contributed by atoms with E-state index in [1.807, 2.05) is 18.2 Å². The van der Waals surface area contributed by atoms with Crippen LogP contribution < -0.4 is 4.90 Å². The molecule has 0 saturated carbocycles. The molecule has 0 radical (unpaired) electrons. The van der Waals surface area contributed by atoms with Gasteiger partial charge in [-0.15, -0.1) is 11.6 Å². The minimum Gasteiger partial charge on any atom is -0.315 e. The van der Waals surface area contributed by atoms with Crippen LogP contribution in [-0.4, -0.2) is 32.4 Å². The van der Waals surface area contributed by atoms with Crippen molar-refractivity contribution in [3.63, 3.8) is 0 Å². The summed E-state index contributed by atoms with van der Waals surface area (Å²) in [4.78, 5) is 13.3. The molecule has 0 bridgehead atoms. The SMILES string of the molecule is CN1C(=O)Cc2cc(C(Cl)C3CCCCS3(=O)=O)ccc21. The molecule has 2 aliphatic rings. The maximum absolute atomic E-state index is 12.2. The largest absolute Gasteiger partial charge is 0.315 e. The van der Waals surface area contributed by atoms with Crippen LogP contribution in [0.15, 0.2) is 18.2 Å². The number of sulfone groups is 1. The lowest BCUT2D eigenvalue weighted by molar-refractivity contribution is -0.117. The maximum Gasteiger partial charge on any atom is 0.231 e. The summed E-state index contributed by atoms with van der Waals surface area (Å²) in [6.07, 6.45) is 2.61. The number of nitrogens with zero attached hydrogens (tertiary/aromatic N) is 1. The lowest BCUT2D eigenvalue weighted by Gasteiger charge is -2.26. The number of amides is 1. The summed E-state index contributed by atoms with van der Waals surface area (Å²) in [5.41, 5.74) is 2.62. The van der Waals surface area contributed by atoms with E-state index in [9.17, 15) is 13.2 Å². The predicted molar refractivity (Wildman–Crippen MR) is 83.6 cm³/mol. The number of halogens is 1. The quantitative estimate of drug-likeness (QED) is 0.784. The van der Waals surface area contributed by atoms with Crippen LogP contribution in [0.4, 0.5) is 5.69 Å². The van der Waals surface area contributed by atoms with Crippen molar-refractivity contribution >= 4 is 33.0 Å². The molecule has 1 saturated heterocycles. The highest BCUT2D eigenvalue weighted by atomic mass is 35.5. The normalized spacial score (nSPS) is 25.7. The number of hydrogen-bond donors (Lipinski definition) is 0. The van der Waals surface area contributed by atoms with E-state index in [4.69, 9.17) is 11.6 Å². The monoisotopic (exact) mass is 327 g/mol. The smallest absolute Gasteiger partial charge is 0.231 e. The van der Waals surface area contributed by atoms with E-state index < -0.39 is 20.5 Å². The number of fused-ring (bicyclic) bond motifs is 1. The van der Waals surface area contributed by atoms with E-state index in [1.165, 1.54) is 0 Å². The van der Waals surface area contributed by atoms with Gasteiger partial charge in [0.1, 0.15) is 0 Å². The summed E-state index contributed by atoms with van der Waals surface area (Å²) in [7, 11) is -1.37. The molecule has 0 aromatic heterocycles. The van der Waals surface area contributed by atoms with Crippen LogP contribution in [0.3, 0.4) is 0 Å². The number of alkyl halides is 1. The van der Waals surface area contributed by atoms with Gasteiger partial charge in [0, 0.05) is 12.7 Å². The van der Waals surface area contributed by atoms with Crippen LogP contribution in [0, 0.1) is 0 Å². The van der Waals surface area contributed by atoms with Crippen LogP contribution in [-0.2, 0) is 21.1 Å². The maximum atomic E-state index is 12.2. The second kappa shape index (κ2) is 5.29. The Morgan fingerprint density at radius 2 is 2.10 bits per heavy atom. The van der Waals surface area contributed by atoms with E-state index >= 15 is 0 Å². The van der Waals surface area contributed by atoms with Crippen LogP contribution in [0.2, 0.25) is 0 Å². The Morgan fingerprint density at radius 1 is 1.33 bits per heavy atom. The molecule has 0 aliphatic carbocycles. The van der Waals surface area contributed by atoms with Crippen molar-refractivity contribution in [1.82, 2.24) is 0 Å². The van der Waals surface area contributed by atoms with Crippen molar-refractivity contribution in [2.75, 3.05) is 17.7 Å². The van der Waals surface area contributed by atoms with E-state index in [2.05, 4.69) is 0 Å². The van der Waals surface area contributed by atoms with Gasteiger partial charge in [-0.3, -0.25) is 4.79 Å². The van der Waals surface area contributed by atoms with Crippen LogP contribution in [0.1, 0.15) is 35.8 Å². The number of rotatable bonds is 2. The van der Waals surface area contributed by atoms with Gasteiger partial charge in [-0.25, -0.2) is 8.42 Å². The Hall–Kier alpha value is -1.07. The van der Waals surface area contributed by atoms with Gasteiger partial charge in [0.25, 0.3) is 0 Å². The summed E-state index contributed by atoms with van der Waals surface area (Å²) in [6, 6.07) is 5.59. The predicted octanol–water partition coefficient (Wildman–Crippen LogP) is 2.45. The van der Waals surface area contributed by atoms with Gasteiger partial charge in [-0.05, 0) is 30.0 Å². The van der Waals surface area contributed by atoms with Crippen molar-refractivity contribution in [2.45, 2.75) is 36.3 Å².